The fourth-order valence-corrected chi connectivity index (χ4v) is 4.14. The molecule has 1 aromatic carbocycles. The van der Waals surface area contributed by atoms with Crippen LogP contribution >= 0.6 is 11.6 Å². The van der Waals surface area contributed by atoms with Crippen LogP contribution in [-0.4, -0.2) is 66.1 Å². The van der Waals surface area contributed by atoms with E-state index in [1.807, 2.05) is 18.2 Å². The molecule has 0 radical (unpaired) electrons. The molecule has 3 aromatic rings. The smallest absolute Gasteiger partial charge is 0.269 e. The van der Waals surface area contributed by atoms with Crippen molar-refractivity contribution >= 4 is 34.2 Å². The Morgan fingerprint density at radius 3 is 2.62 bits per heavy atom. The molecule has 1 aliphatic heterocycles. The van der Waals surface area contributed by atoms with Crippen LogP contribution in [0.2, 0.25) is 5.15 Å². The summed E-state index contributed by atoms with van der Waals surface area (Å²) in [5, 5.41) is 2.87. The van der Waals surface area contributed by atoms with E-state index in [1.54, 1.807) is 27.1 Å². The molecule has 0 unspecified atom stereocenters. The van der Waals surface area contributed by atoms with Crippen LogP contribution in [0.5, 0.6) is 5.75 Å². The van der Waals surface area contributed by atoms with E-state index in [9.17, 15) is 9.59 Å². The molecular formula is C22H25ClN6O3. The summed E-state index contributed by atoms with van der Waals surface area (Å²) < 4.78 is 5.58. The Morgan fingerprint density at radius 1 is 1.22 bits per heavy atom. The van der Waals surface area contributed by atoms with Gasteiger partial charge in [-0.25, -0.2) is 9.97 Å². The van der Waals surface area contributed by atoms with Gasteiger partial charge in [-0.1, -0.05) is 11.6 Å². The summed E-state index contributed by atoms with van der Waals surface area (Å²) in [5.74, 6) is 0.482. The topological polar surface area (TPSA) is 103 Å². The SMILES string of the molecule is CNC(=O)c1ccc(N2CCN(Cc3cc4[nH]c(=O)c(C)nc4cc3OC)CC2)c(Cl)n1. The number of benzene rings is 1. The zero-order chi connectivity index (χ0) is 22.8. The van der Waals surface area contributed by atoms with Gasteiger partial charge in [0.25, 0.3) is 11.5 Å². The monoisotopic (exact) mass is 456 g/mol. The second-order valence-corrected chi connectivity index (χ2v) is 8.04. The second kappa shape index (κ2) is 9.13. The quantitative estimate of drug-likeness (QED) is 0.566. The number of H-pyrrole nitrogens is 1. The first kappa shape index (κ1) is 22.0. The van der Waals surface area contributed by atoms with E-state index in [0.29, 0.717) is 34.1 Å². The van der Waals surface area contributed by atoms with Crippen molar-refractivity contribution in [3.05, 3.63) is 56.7 Å². The first-order valence-electron chi connectivity index (χ1n) is 10.3. The lowest BCUT2D eigenvalue weighted by molar-refractivity contribution is 0.0958. The van der Waals surface area contributed by atoms with Crippen molar-refractivity contribution in [3.8, 4) is 5.75 Å². The average molecular weight is 457 g/mol. The number of carbonyl (C=O) groups is 1. The van der Waals surface area contributed by atoms with Gasteiger partial charge in [0.15, 0.2) is 5.15 Å². The lowest BCUT2D eigenvalue weighted by Crippen LogP contribution is -2.46. The summed E-state index contributed by atoms with van der Waals surface area (Å²) in [6.45, 7) is 5.55. The van der Waals surface area contributed by atoms with Gasteiger partial charge in [-0.3, -0.25) is 14.5 Å². The Morgan fingerprint density at radius 2 is 1.97 bits per heavy atom. The lowest BCUT2D eigenvalue weighted by Gasteiger charge is -2.36. The Kier molecular flexibility index (Phi) is 6.29. The number of piperazine rings is 1. The van der Waals surface area contributed by atoms with Crippen LogP contribution in [0, 0.1) is 6.92 Å². The van der Waals surface area contributed by atoms with E-state index >= 15 is 0 Å². The first-order chi connectivity index (χ1) is 15.4. The summed E-state index contributed by atoms with van der Waals surface area (Å²) >= 11 is 6.35. The third-order valence-electron chi connectivity index (χ3n) is 5.66. The van der Waals surface area contributed by atoms with Crippen LogP contribution in [0.1, 0.15) is 21.7 Å². The van der Waals surface area contributed by atoms with Gasteiger partial charge in [-0.05, 0) is 25.1 Å². The van der Waals surface area contributed by atoms with Crippen LogP contribution in [0.3, 0.4) is 0 Å². The number of carbonyl (C=O) groups excluding carboxylic acids is 1. The molecule has 4 rings (SSSR count). The van der Waals surface area contributed by atoms with Crippen molar-refractivity contribution in [3.63, 3.8) is 0 Å². The number of fused-ring (bicyclic) bond motifs is 1. The van der Waals surface area contributed by atoms with Gasteiger partial charge >= 0.3 is 0 Å². The molecule has 10 heteroatoms. The first-order valence-corrected chi connectivity index (χ1v) is 10.7. The summed E-state index contributed by atoms with van der Waals surface area (Å²) in [6.07, 6.45) is 0. The second-order valence-electron chi connectivity index (χ2n) is 7.68. The zero-order valence-electron chi connectivity index (χ0n) is 18.2. The van der Waals surface area contributed by atoms with Gasteiger partial charge in [0.05, 0.1) is 23.8 Å². The van der Waals surface area contributed by atoms with Crippen LogP contribution < -0.4 is 20.5 Å². The van der Waals surface area contributed by atoms with Gasteiger partial charge in [-0.15, -0.1) is 0 Å². The Balaban J connectivity index is 1.47. The molecule has 1 amide bonds. The molecule has 2 aromatic heterocycles. The summed E-state index contributed by atoms with van der Waals surface area (Å²) in [6, 6.07) is 7.33. The number of hydrogen-bond acceptors (Lipinski definition) is 7. The van der Waals surface area contributed by atoms with Gasteiger partial charge in [0, 0.05) is 51.4 Å². The normalized spacial score (nSPS) is 14.6. The van der Waals surface area contributed by atoms with Crippen molar-refractivity contribution in [2.24, 2.45) is 0 Å². The molecule has 0 aliphatic carbocycles. The highest BCUT2D eigenvalue weighted by atomic mass is 35.5. The van der Waals surface area contributed by atoms with Crippen LogP contribution in [0.25, 0.3) is 11.0 Å². The van der Waals surface area contributed by atoms with Crippen molar-refractivity contribution in [1.29, 1.82) is 0 Å². The Bertz CT molecular complexity index is 1220. The van der Waals surface area contributed by atoms with Crippen LogP contribution in [0.4, 0.5) is 5.69 Å². The van der Waals surface area contributed by atoms with Crippen LogP contribution in [0.15, 0.2) is 29.1 Å². The number of nitrogens with one attached hydrogen (secondary N) is 2. The third-order valence-corrected chi connectivity index (χ3v) is 5.94. The van der Waals surface area contributed by atoms with Gasteiger partial charge in [0.1, 0.15) is 17.1 Å². The Hall–Kier alpha value is -3.17. The van der Waals surface area contributed by atoms with Gasteiger partial charge in [0.2, 0.25) is 0 Å². The minimum atomic E-state index is -0.265. The molecule has 0 atom stereocenters. The fourth-order valence-electron chi connectivity index (χ4n) is 3.87. The van der Waals surface area contributed by atoms with E-state index in [2.05, 4.69) is 30.1 Å². The molecule has 0 spiro atoms. The molecule has 1 saturated heterocycles. The van der Waals surface area contributed by atoms with E-state index < -0.39 is 0 Å². The molecule has 3 heterocycles. The summed E-state index contributed by atoms with van der Waals surface area (Å²) in [7, 11) is 3.20. The fraction of sp³-hybridized carbons (Fsp3) is 0.364. The number of amides is 1. The predicted octanol–water partition coefficient (Wildman–Crippen LogP) is 1.97. The van der Waals surface area contributed by atoms with E-state index in [0.717, 1.165) is 43.2 Å². The number of anilines is 1. The number of aromatic amines is 1. The minimum Gasteiger partial charge on any atom is -0.496 e. The average Bonchev–Trinajstić information content (AvgIpc) is 2.80. The number of halogens is 1. The molecule has 168 valence electrons. The van der Waals surface area contributed by atoms with Gasteiger partial charge < -0.3 is 19.9 Å². The zero-order valence-corrected chi connectivity index (χ0v) is 19.0. The maximum Gasteiger partial charge on any atom is 0.269 e. The van der Waals surface area contributed by atoms with Crippen molar-refractivity contribution in [2.45, 2.75) is 13.5 Å². The number of pyridine rings is 1. The summed E-state index contributed by atoms with van der Waals surface area (Å²) in [5.41, 5.74) is 3.76. The summed E-state index contributed by atoms with van der Waals surface area (Å²) in [4.78, 5) is 39.7. The standard InChI is InChI=1S/C22H25ClN6O3/c1-13-21(30)27-16-10-14(19(32-3)11-17(16)25-13)12-28-6-8-29(9-7-28)18-5-4-15(22(31)24-2)26-20(18)23/h4-5,10-11H,6-9,12H2,1-3H3,(H,24,31)(H,27,30). The highest BCUT2D eigenvalue weighted by Gasteiger charge is 2.22. The number of ether oxygens (including phenoxy) is 1. The highest BCUT2D eigenvalue weighted by molar-refractivity contribution is 6.32. The van der Waals surface area contributed by atoms with E-state index in [4.69, 9.17) is 16.3 Å². The Labute approximate surface area is 190 Å². The van der Waals surface area contributed by atoms with Gasteiger partial charge in [-0.2, -0.15) is 0 Å². The molecule has 1 aliphatic rings. The number of hydrogen-bond donors (Lipinski definition) is 2. The number of nitrogens with zero attached hydrogens (tertiary/aromatic N) is 4. The van der Waals surface area contributed by atoms with Crippen molar-refractivity contribution < 1.29 is 9.53 Å². The molecule has 2 N–H and O–H groups in total. The van der Waals surface area contributed by atoms with Crippen LogP contribution in [-0.2, 0) is 6.54 Å². The number of rotatable bonds is 5. The minimum absolute atomic E-state index is 0.185. The number of methoxy groups -OCH3 is 1. The molecule has 9 nitrogen and oxygen atoms in total. The van der Waals surface area contributed by atoms with Crippen molar-refractivity contribution in [1.82, 2.24) is 25.2 Å². The molecule has 0 saturated carbocycles. The van der Waals surface area contributed by atoms with E-state index in [1.165, 1.54) is 0 Å². The highest BCUT2D eigenvalue weighted by Crippen LogP contribution is 2.28. The third kappa shape index (κ3) is 4.39. The largest absolute Gasteiger partial charge is 0.496 e. The molecule has 1 fully saturated rings. The molecule has 32 heavy (non-hydrogen) atoms. The lowest BCUT2D eigenvalue weighted by atomic mass is 10.1. The number of aryl methyl sites for hydroxylation is 1. The molecule has 0 bridgehead atoms. The van der Waals surface area contributed by atoms with E-state index in [-0.39, 0.29) is 11.5 Å². The molecular weight excluding hydrogens is 432 g/mol. The van der Waals surface area contributed by atoms with Crippen molar-refractivity contribution in [2.75, 3.05) is 45.2 Å². The predicted molar refractivity (Wildman–Crippen MR) is 124 cm³/mol. The maximum atomic E-state index is 12.0. The maximum absolute atomic E-state index is 12.0. The number of aromatic nitrogens is 3.